The summed E-state index contributed by atoms with van der Waals surface area (Å²) in [6.07, 6.45) is 2.70. The van der Waals surface area contributed by atoms with E-state index in [1.54, 1.807) is 19.1 Å². The van der Waals surface area contributed by atoms with Gasteiger partial charge < -0.3 is 4.74 Å². The van der Waals surface area contributed by atoms with E-state index in [1.807, 2.05) is 0 Å². The van der Waals surface area contributed by atoms with Crippen LogP contribution in [0, 0.1) is 17.0 Å². The van der Waals surface area contributed by atoms with Crippen LogP contribution in [-0.2, 0) is 0 Å². The fourth-order valence-electron chi connectivity index (χ4n) is 1.29. The first kappa shape index (κ1) is 12.4. The van der Waals surface area contributed by atoms with Gasteiger partial charge >= 0.3 is 0 Å². The van der Waals surface area contributed by atoms with Crippen LogP contribution in [0.2, 0.25) is 0 Å². The Bertz CT molecular complexity index is 587. The van der Waals surface area contributed by atoms with Gasteiger partial charge in [0.2, 0.25) is 5.88 Å². The van der Waals surface area contributed by atoms with Crippen LogP contribution < -0.4 is 4.74 Å². The molecule has 0 unspecified atom stereocenters. The van der Waals surface area contributed by atoms with Crippen LogP contribution in [0.3, 0.4) is 0 Å². The highest BCUT2D eigenvalue weighted by molar-refractivity contribution is 9.10. The van der Waals surface area contributed by atoms with Crippen molar-refractivity contribution in [2.75, 3.05) is 0 Å². The molecule has 0 saturated heterocycles. The Morgan fingerprint density at radius 2 is 2.11 bits per heavy atom. The lowest BCUT2D eigenvalue weighted by Crippen LogP contribution is -1.95. The molecule has 0 saturated carbocycles. The van der Waals surface area contributed by atoms with Crippen molar-refractivity contribution in [3.05, 3.63) is 50.9 Å². The van der Waals surface area contributed by atoms with E-state index in [4.69, 9.17) is 4.74 Å². The van der Waals surface area contributed by atoms with E-state index in [2.05, 4.69) is 25.9 Å². The van der Waals surface area contributed by atoms with E-state index < -0.39 is 4.92 Å². The molecule has 2 heterocycles. The first-order valence-corrected chi connectivity index (χ1v) is 5.76. The van der Waals surface area contributed by atoms with Gasteiger partial charge in [-0.05, 0) is 35.0 Å². The number of aryl methyl sites for hydroxylation is 1. The summed E-state index contributed by atoms with van der Waals surface area (Å²) in [5.74, 6) is 0.840. The van der Waals surface area contributed by atoms with Crippen LogP contribution in [-0.4, -0.2) is 14.9 Å². The molecule has 0 aliphatic carbocycles. The molecule has 2 rings (SSSR count). The Hall–Kier alpha value is -2.02. The molecule has 92 valence electrons. The van der Waals surface area contributed by atoms with Gasteiger partial charge in [-0.3, -0.25) is 10.1 Å². The molecule has 0 bridgehead atoms. The summed E-state index contributed by atoms with van der Waals surface area (Å²) < 4.78 is 6.18. The third kappa shape index (κ3) is 2.80. The van der Waals surface area contributed by atoms with E-state index in [0.717, 1.165) is 6.20 Å². The minimum Gasteiger partial charge on any atom is -0.437 e. The van der Waals surface area contributed by atoms with E-state index >= 15 is 0 Å². The fourth-order valence-corrected chi connectivity index (χ4v) is 1.52. The lowest BCUT2D eigenvalue weighted by Gasteiger charge is -2.06. The topological polar surface area (TPSA) is 78.2 Å². The van der Waals surface area contributed by atoms with Crippen LogP contribution in [0.15, 0.2) is 35.2 Å². The number of pyridine rings is 2. The minimum atomic E-state index is -0.495. The Morgan fingerprint density at radius 3 is 2.67 bits per heavy atom. The molecule has 0 spiro atoms. The first-order chi connectivity index (χ1) is 8.56. The minimum absolute atomic E-state index is 0.0613. The zero-order valence-electron chi connectivity index (χ0n) is 9.33. The number of hydrogen-bond donors (Lipinski definition) is 0. The Balaban J connectivity index is 2.24. The summed E-state index contributed by atoms with van der Waals surface area (Å²) >= 11 is 3.21. The lowest BCUT2D eigenvalue weighted by molar-refractivity contribution is -0.385. The van der Waals surface area contributed by atoms with Crippen LogP contribution in [0.25, 0.3) is 0 Å². The molecule has 7 heteroatoms. The normalized spacial score (nSPS) is 10.1. The van der Waals surface area contributed by atoms with Gasteiger partial charge in [-0.25, -0.2) is 9.97 Å². The van der Waals surface area contributed by atoms with Gasteiger partial charge in [0, 0.05) is 11.6 Å². The summed E-state index contributed by atoms with van der Waals surface area (Å²) in [6, 6.07) is 4.87. The van der Waals surface area contributed by atoms with Gasteiger partial charge in [0.1, 0.15) is 16.5 Å². The summed E-state index contributed by atoms with van der Waals surface area (Å²) in [5, 5.41) is 10.6. The average Bonchev–Trinajstić information content (AvgIpc) is 2.34. The van der Waals surface area contributed by atoms with Gasteiger partial charge in [0.05, 0.1) is 11.1 Å². The van der Waals surface area contributed by atoms with Crippen molar-refractivity contribution in [2.24, 2.45) is 0 Å². The van der Waals surface area contributed by atoms with Crippen LogP contribution >= 0.6 is 15.9 Å². The fraction of sp³-hybridized carbons (Fsp3) is 0.0909. The van der Waals surface area contributed by atoms with Crippen molar-refractivity contribution >= 4 is 21.6 Å². The molecule has 0 aromatic carbocycles. The molecule has 2 aromatic heterocycles. The first-order valence-electron chi connectivity index (χ1n) is 4.96. The monoisotopic (exact) mass is 309 g/mol. The molecular formula is C11H8BrN3O3. The Kier molecular flexibility index (Phi) is 3.52. The molecule has 2 aromatic rings. The maximum Gasteiger partial charge on any atom is 0.288 e. The summed E-state index contributed by atoms with van der Waals surface area (Å²) in [5.41, 5.74) is 0.529. The smallest absolute Gasteiger partial charge is 0.288 e. The molecule has 0 aliphatic rings. The summed E-state index contributed by atoms with van der Waals surface area (Å²) in [6.45, 7) is 1.70. The number of hydrogen-bond acceptors (Lipinski definition) is 5. The molecule has 0 radical (unpaired) electrons. The summed E-state index contributed by atoms with van der Waals surface area (Å²) in [4.78, 5) is 18.0. The van der Waals surface area contributed by atoms with Crippen LogP contribution in [0.1, 0.15) is 5.56 Å². The van der Waals surface area contributed by atoms with Crippen molar-refractivity contribution in [3.63, 3.8) is 0 Å². The highest BCUT2D eigenvalue weighted by Gasteiger charge is 2.11. The average molecular weight is 310 g/mol. The maximum atomic E-state index is 10.6. The third-order valence-corrected chi connectivity index (χ3v) is 2.61. The predicted molar refractivity (Wildman–Crippen MR) is 67.6 cm³/mol. The van der Waals surface area contributed by atoms with Gasteiger partial charge in [0.15, 0.2) is 0 Å². The lowest BCUT2D eigenvalue weighted by atomic mass is 10.3. The Labute approximate surface area is 111 Å². The number of aromatic nitrogens is 2. The number of nitrogens with zero attached hydrogens (tertiary/aromatic N) is 3. The maximum absolute atomic E-state index is 10.6. The highest BCUT2D eigenvalue weighted by atomic mass is 79.9. The molecule has 18 heavy (non-hydrogen) atoms. The number of rotatable bonds is 3. The van der Waals surface area contributed by atoms with Crippen molar-refractivity contribution in [2.45, 2.75) is 6.92 Å². The predicted octanol–water partition coefficient (Wildman–Crippen LogP) is 3.25. The molecule has 0 N–H and O–H groups in total. The zero-order chi connectivity index (χ0) is 13.1. The summed E-state index contributed by atoms with van der Waals surface area (Å²) in [7, 11) is 0. The van der Waals surface area contributed by atoms with E-state index in [0.29, 0.717) is 21.8 Å². The molecule has 0 amide bonds. The molecule has 6 nitrogen and oxygen atoms in total. The number of nitro groups is 1. The van der Waals surface area contributed by atoms with Crippen LogP contribution in [0.4, 0.5) is 5.69 Å². The van der Waals surface area contributed by atoms with Crippen molar-refractivity contribution in [1.82, 2.24) is 9.97 Å². The van der Waals surface area contributed by atoms with Crippen molar-refractivity contribution in [1.29, 1.82) is 0 Å². The van der Waals surface area contributed by atoms with E-state index in [-0.39, 0.29) is 5.69 Å². The standard InChI is InChI=1S/C11H8BrN3O3/c1-7-4-8(15(16)17)5-14-11(7)18-9-2-3-10(12)13-6-9/h2-6H,1H3. The molecular weight excluding hydrogens is 302 g/mol. The molecule has 0 aliphatic heterocycles. The third-order valence-electron chi connectivity index (χ3n) is 2.14. The van der Waals surface area contributed by atoms with Crippen molar-refractivity contribution in [3.8, 4) is 11.6 Å². The van der Waals surface area contributed by atoms with E-state index in [1.165, 1.54) is 12.3 Å². The second-order valence-electron chi connectivity index (χ2n) is 3.49. The van der Waals surface area contributed by atoms with Gasteiger partial charge in [-0.1, -0.05) is 0 Å². The van der Waals surface area contributed by atoms with Gasteiger partial charge in [-0.15, -0.1) is 0 Å². The second-order valence-corrected chi connectivity index (χ2v) is 4.30. The largest absolute Gasteiger partial charge is 0.437 e. The van der Waals surface area contributed by atoms with E-state index in [9.17, 15) is 10.1 Å². The molecule has 0 atom stereocenters. The number of ether oxygens (including phenoxy) is 1. The second kappa shape index (κ2) is 5.09. The quantitative estimate of drug-likeness (QED) is 0.494. The van der Waals surface area contributed by atoms with Crippen molar-refractivity contribution < 1.29 is 9.66 Å². The zero-order valence-corrected chi connectivity index (χ0v) is 10.9. The SMILES string of the molecule is Cc1cc([N+](=O)[O-])cnc1Oc1ccc(Br)nc1. The Morgan fingerprint density at radius 1 is 1.33 bits per heavy atom. The highest BCUT2D eigenvalue weighted by Crippen LogP contribution is 2.25. The van der Waals surface area contributed by atoms with Gasteiger partial charge in [-0.2, -0.15) is 0 Å². The number of halogens is 1. The van der Waals surface area contributed by atoms with Gasteiger partial charge in [0.25, 0.3) is 5.69 Å². The van der Waals surface area contributed by atoms with Crippen LogP contribution in [0.5, 0.6) is 11.6 Å². The molecule has 0 fully saturated rings.